The van der Waals surface area contributed by atoms with Gasteiger partial charge in [-0.05, 0) is 30.0 Å². The van der Waals surface area contributed by atoms with Crippen LogP contribution in [0.4, 0.5) is 0 Å². The van der Waals surface area contributed by atoms with Crippen molar-refractivity contribution >= 4 is 29.2 Å². The van der Waals surface area contributed by atoms with E-state index in [1.807, 2.05) is 12.1 Å². The van der Waals surface area contributed by atoms with E-state index in [0.717, 1.165) is 12.3 Å². The first-order valence-electron chi connectivity index (χ1n) is 7.01. The fraction of sp³-hybridized carbons (Fsp3) is 0.562. The van der Waals surface area contributed by atoms with Crippen LogP contribution in [0, 0.1) is 5.92 Å². The Morgan fingerprint density at radius 2 is 1.80 bits per heavy atom. The highest BCUT2D eigenvalue weighted by molar-refractivity contribution is 6.42. The summed E-state index contributed by atoms with van der Waals surface area (Å²) in [5, 5.41) is 1.34. The zero-order valence-corrected chi connectivity index (χ0v) is 13.6. The zero-order chi connectivity index (χ0) is 15.0. The predicted octanol–water partition coefficient (Wildman–Crippen LogP) is 5.30. The predicted molar refractivity (Wildman–Crippen MR) is 84.4 cm³/mol. The largest absolute Gasteiger partial charge is 0.469 e. The Labute approximate surface area is 131 Å². The molecule has 0 atom stereocenters. The lowest BCUT2D eigenvalue weighted by Crippen LogP contribution is -2.09. The van der Waals surface area contributed by atoms with Crippen LogP contribution in [0.3, 0.4) is 0 Å². The van der Waals surface area contributed by atoms with E-state index in [1.54, 1.807) is 0 Å². The van der Waals surface area contributed by atoms with E-state index in [0.29, 0.717) is 10.0 Å². The number of hydrogen-bond donors (Lipinski definition) is 0. The van der Waals surface area contributed by atoms with E-state index in [-0.39, 0.29) is 5.97 Å². The highest BCUT2D eigenvalue weighted by Gasteiger charge is 2.14. The normalized spacial score (nSPS) is 15.2. The van der Waals surface area contributed by atoms with Crippen LogP contribution in [0.1, 0.15) is 44.6 Å². The van der Waals surface area contributed by atoms with Crippen LogP contribution < -0.4 is 0 Å². The van der Waals surface area contributed by atoms with E-state index in [9.17, 15) is 4.79 Å². The Balaban J connectivity index is 0.000000347. The molecule has 0 heterocycles. The molecule has 112 valence electrons. The minimum absolute atomic E-state index is 0.245. The van der Waals surface area contributed by atoms with Crippen LogP contribution in [-0.2, 0) is 16.0 Å². The third-order valence-corrected chi connectivity index (χ3v) is 4.26. The lowest BCUT2D eigenvalue weighted by Gasteiger charge is -2.21. The minimum Gasteiger partial charge on any atom is -0.469 e. The van der Waals surface area contributed by atoms with Gasteiger partial charge in [0.2, 0.25) is 0 Å². The summed E-state index contributed by atoms with van der Waals surface area (Å²) in [4.78, 5) is 9.59. The molecular weight excluding hydrogens is 295 g/mol. The number of hydrogen-bond acceptors (Lipinski definition) is 2. The summed E-state index contributed by atoms with van der Waals surface area (Å²) in [5.41, 5.74) is 1.33. The summed E-state index contributed by atoms with van der Waals surface area (Å²) < 4.78 is 4.11. The molecule has 1 saturated carbocycles. The van der Waals surface area contributed by atoms with Crippen LogP contribution in [0.5, 0.6) is 0 Å². The monoisotopic (exact) mass is 316 g/mol. The summed E-state index contributed by atoms with van der Waals surface area (Å²) in [6, 6.07) is 6.02. The number of methoxy groups -OCH3 is 1. The minimum atomic E-state index is -0.245. The standard InChI is InChI=1S/C13H16Cl2.C3H6O2/c14-12-7-6-11(9-13(12)15)8-10-4-2-1-3-5-10;1-3(4)5-2/h6-7,9-10H,1-5,8H2;1-2H3. The maximum Gasteiger partial charge on any atom is 0.302 e. The van der Waals surface area contributed by atoms with Gasteiger partial charge in [-0.2, -0.15) is 0 Å². The molecule has 20 heavy (non-hydrogen) atoms. The lowest BCUT2D eigenvalue weighted by atomic mass is 9.85. The van der Waals surface area contributed by atoms with Gasteiger partial charge in [-0.3, -0.25) is 4.79 Å². The molecule has 1 aliphatic carbocycles. The number of carbonyl (C=O) groups excluding carboxylic acids is 1. The van der Waals surface area contributed by atoms with Crippen LogP contribution in [-0.4, -0.2) is 13.1 Å². The van der Waals surface area contributed by atoms with Gasteiger partial charge in [0.25, 0.3) is 0 Å². The fourth-order valence-electron chi connectivity index (χ4n) is 2.39. The summed E-state index contributed by atoms with van der Waals surface area (Å²) >= 11 is 11.9. The quantitative estimate of drug-likeness (QED) is 0.692. The van der Waals surface area contributed by atoms with Gasteiger partial charge in [0.15, 0.2) is 0 Å². The third kappa shape index (κ3) is 6.62. The van der Waals surface area contributed by atoms with Gasteiger partial charge in [0.1, 0.15) is 0 Å². The molecule has 0 radical (unpaired) electrons. The van der Waals surface area contributed by atoms with Crippen molar-refractivity contribution in [2.75, 3.05) is 7.11 Å². The number of benzene rings is 1. The maximum atomic E-state index is 9.59. The van der Waals surface area contributed by atoms with Gasteiger partial charge in [-0.1, -0.05) is 61.4 Å². The second-order valence-electron chi connectivity index (χ2n) is 5.15. The van der Waals surface area contributed by atoms with E-state index < -0.39 is 0 Å². The van der Waals surface area contributed by atoms with Crippen LogP contribution >= 0.6 is 23.2 Å². The lowest BCUT2D eigenvalue weighted by molar-refractivity contribution is -0.137. The molecule has 0 saturated heterocycles. The zero-order valence-electron chi connectivity index (χ0n) is 12.1. The Hall–Kier alpha value is -0.730. The highest BCUT2D eigenvalue weighted by atomic mass is 35.5. The Morgan fingerprint density at radius 3 is 2.30 bits per heavy atom. The average Bonchev–Trinajstić information content (AvgIpc) is 2.45. The summed E-state index contributed by atoms with van der Waals surface area (Å²) in [6.07, 6.45) is 8.12. The van der Waals surface area contributed by atoms with E-state index in [4.69, 9.17) is 23.2 Å². The van der Waals surface area contributed by atoms with Crippen LogP contribution in [0.2, 0.25) is 10.0 Å². The highest BCUT2D eigenvalue weighted by Crippen LogP contribution is 2.29. The number of carbonyl (C=O) groups is 1. The molecule has 2 nitrogen and oxygen atoms in total. The summed E-state index contributed by atoms with van der Waals surface area (Å²) in [5.74, 6) is 0.612. The Morgan fingerprint density at radius 1 is 1.20 bits per heavy atom. The van der Waals surface area contributed by atoms with Crippen molar-refractivity contribution in [1.29, 1.82) is 0 Å². The first-order valence-corrected chi connectivity index (χ1v) is 7.77. The molecule has 0 N–H and O–H groups in total. The van der Waals surface area contributed by atoms with Crippen LogP contribution in [0.15, 0.2) is 18.2 Å². The number of rotatable bonds is 2. The number of halogens is 2. The van der Waals surface area contributed by atoms with E-state index >= 15 is 0 Å². The molecule has 2 rings (SSSR count). The van der Waals surface area contributed by atoms with Crippen molar-refractivity contribution in [3.63, 3.8) is 0 Å². The van der Waals surface area contributed by atoms with Crippen molar-refractivity contribution in [3.8, 4) is 0 Å². The fourth-order valence-corrected chi connectivity index (χ4v) is 2.71. The average molecular weight is 317 g/mol. The molecular formula is C16H22Cl2O2. The Kier molecular flexibility index (Phi) is 8.01. The second kappa shape index (κ2) is 9.25. The molecule has 1 aromatic carbocycles. The van der Waals surface area contributed by atoms with Gasteiger partial charge in [-0.15, -0.1) is 0 Å². The summed E-state index contributed by atoms with van der Waals surface area (Å²) in [6.45, 7) is 1.36. The molecule has 0 spiro atoms. The number of esters is 1. The van der Waals surface area contributed by atoms with Crippen molar-refractivity contribution in [3.05, 3.63) is 33.8 Å². The first kappa shape index (κ1) is 17.3. The molecule has 0 aromatic heterocycles. The SMILES string of the molecule is COC(C)=O.Clc1ccc(CC2CCCCC2)cc1Cl. The second-order valence-corrected chi connectivity index (χ2v) is 5.97. The van der Waals surface area contributed by atoms with Gasteiger partial charge in [0.05, 0.1) is 17.2 Å². The van der Waals surface area contributed by atoms with Gasteiger partial charge in [-0.25, -0.2) is 0 Å². The van der Waals surface area contributed by atoms with Crippen molar-refractivity contribution in [2.45, 2.75) is 45.4 Å². The first-order chi connectivity index (χ1) is 9.52. The summed E-state index contributed by atoms with van der Waals surface area (Å²) in [7, 11) is 1.35. The molecule has 1 aromatic rings. The molecule has 1 aliphatic rings. The Bertz CT molecular complexity index is 426. The van der Waals surface area contributed by atoms with Crippen molar-refractivity contribution < 1.29 is 9.53 Å². The van der Waals surface area contributed by atoms with Gasteiger partial charge < -0.3 is 4.74 Å². The molecule has 0 bridgehead atoms. The molecule has 0 unspecified atom stereocenters. The van der Waals surface area contributed by atoms with Crippen molar-refractivity contribution in [1.82, 2.24) is 0 Å². The smallest absolute Gasteiger partial charge is 0.302 e. The van der Waals surface area contributed by atoms with Gasteiger partial charge >= 0.3 is 5.97 Å². The van der Waals surface area contributed by atoms with Crippen LogP contribution in [0.25, 0.3) is 0 Å². The molecule has 0 amide bonds. The van der Waals surface area contributed by atoms with E-state index in [1.165, 1.54) is 51.7 Å². The maximum absolute atomic E-state index is 9.59. The topological polar surface area (TPSA) is 26.3 Å². The number of ether oxygens (including phenoxy) is 1. The third-order valence-electron chi connectivity index (χ3n) is 3.52. The van der Waals surface area contributed by atoms with Crippen molar-refractivity contribution in [2.24, 2.45) is 5.92 Å². The molecule has 4 heteroatoms. The molecule has 0 aliphatic heterocycles. The van der Waals surface area contributed by atoms with Gasteiger partial charge in [0, 0.05) is 6.92 Å². The molecule has 1 fully saturated rings. The van der Waals surface area contributed by atoms with E-state index in [2.05, 4.69) is 10.8 Å².